The first-order valence-corrected chi connectivity index (χ1v) is 6.89. The zero-order valence-corrected chi connectivity index (χ0v) is 11.1. The molecule has 2 fully saturated rings. The predicted molar refractivity (Wildman–Crippen MR) is 69.0 cm³/mol. The average Bonchev–Trinajstić information content (AvgIpc) is 2.33. The number of piperazine rings is 1. The Kier molecular flexibility index (Phi) is 4.26. The van der Waals surface area contributed by atoms with E-state index in [0.717, 1.165) is 44.9 Å². The Morgan fingerprint density at radius 3 is 2.24 bits per heavy atom. The molecule has 0 radical (unpaired) electrons. The third kappa shape index (κ3) is 3.60. The molecule has 98 valence electrons. The van der Waals surface area contributed by atoms with Gasteiger partial charge in [-0.15, -0.1) is 0 Å². The molecule has 2 aliphatic rings. The molecule has 17 heavy (non-hydrogen) atoms. The van der Waals surface area contributed by atoms with Crippen LogP contribution in [-0.4, -0.2) is 55.1 Å². The first-order valence-electron chi connectivity index (χ1n) is 6.89. The first kappa shape index (κ1) is 12.7. The summed E-state index contributed by atoms with van der Waals surface area (Å²) in [6.45, 7) is 6.03. The van der Waals surface area contributed by atoms with E-state index in [1.165, 1.54) is 12.8 Å². The van der Waals surface area contributed by atoms with E-state index in [4.69, 9.17) is 0 Å². The number of likely N-dealkylation sites (N-methyl/N-ethyl adjacent to an activating group) is 1. The lowest BCUT2D eigenvalue weighted by atomic mass is 9.87. The standard InChI is InChI=1S/C13H25N3O/c1-11-3-5-12(6-4-11)14-13(17)16-9-7-15(2)8-10-16/h11-12H,3-10H2,1-2H3,(H,14,17)/t11-,12-. The molecule has 0 aromatic carbocycles. The third-order valence-corrected chi connectivity index (χ3v) is 4.13. The van der Waals surface area contributed by atoms with Gasteiger partial charge in [0.05, 0.1) is 0 Å². The Morgan fingerprint density at radius 2 is 1.65 bits per heavy atom. The Balaban J connectivity index is 1.73. The van der Waals surface area contributed by atoms with Crippen LogP contribution in [0.15, 0.2) is 0 Å². The van der Waals surface area contributed by atoms with Gasteiger partial charge in [0.15, 0.2) is 0 Å². The number of amides is 2. The lowest BCUT2D eigenvalue weighted by Crippen LogP contribution is -2.52. The van der Waals surface area contributed by atoms with E-state index in [1.54, 1.807) is 0 Å². The number of carbonyl (C=O) groups is 1. The Bertz CT molecular complexity index is 253. The minimum atomic E-state index is 0.151. The molecule has 4 nitrogen and oxygen atoms in total. The van der Waals surface area contributed by atoms with Gasteiger partial charge in [0.25, 0.3) is 0 Å². The monoisotopic (exact) mass is 239 g/mol. The number of rotatable bonds is 1. The molecule has 1 N–H and O–H groups in total. The van der Waals surface area contributed by atoms with Crippen LogP contribution < -0.4 is 5.32 Å². The van der Waals surface area contributed by atoms with E-state index >= 15 is 0 Å². The summed E-state index contributed by atoms with van der Waals surface area (Å²) in [5.41, 5.74) is 0. The van der Waals surface area contributed by atoms with Crippen molar-refractivity contribution in [3.05, 3.63) is 0 Å². The van der Waals surface area contributed by atoms with Crippen LogP contribution >= 0.6 is 0 Å². The lowest BCUT2D eigenvalue weighted by Gasteiger charge is -2.34. The number of urea groups is 1. The molecule has 0 aromatic rings. The molecule has 1 aliphatic heterocycles. The second kappa shape index (κ2) is 5.71. The molecule has 0 atom stereocenters. The van der Waals surface area contributed by atoms with E-state index < -0.39 is 0 Å². The van der Waals surface area contributed by atoms with Crippen LogP contribution in [0.4, 0.5) is 4.79 Å². The Morgan fingerprint density at radius 1 is 1.06 bits per heavy atom. The van der Waals surface area contributed by atoms with E-state index in [1.807, 2.05) is 4.90 Å². The van der Waals surface area contributed by atoms with E-state index in [2.05, 4.69) is 24.2 Å². The van der Waals surface area contributed by atoms with Gasteiger partial charge in [-0.25, -0.2) is 4.79 Å². The summed E-state index contributed by atoms with van der Waals surface area (Å²) < 4.78 is 0. The number of nitrogens with one attached hydrogen (secondary N) is 1. The highest BCUT2D eigenvalue weighted by atomic mass is 16.2. The molecule has 2 amide bonds. The van der Waals surface area contributed by atoms with Crippen molar-refractivity contribution in [2.45, 2.75) is 38.6 Å². The van der Waals surface area contributed by atoms with Crippen molar-refractivity contribution >= 4 is 6.03 Å². The highest BCUT2D eigenvalue weighted by molar-refractivity contribution is 5.74. The van der Waals surface area contributed by atoms with Crippen molar-refractivity contribution < 1.29 is 4.79 Å². The van der Waals surface area contributed by atoms with Crippen LogP contribution in [0.1, 0.15) is 32.6 Å². The molecule has 1 heterocycles. The Labute approximate surface area is 104 Å². The summed E-state index contributed by atoms with van der Waals surface area (Å²) in [6, 6.07) is 0.566. The minimum Gasteiger partial charge on any atom is -0.335 e. The van der Waals surface area contributed by atoms with Gasteiger partial charge >= 0.3 is 6.03 Å². The second-order valence-electron chi connectivity index (χ2n) is 5.70. The van der Waals surface area contributed by atoms with Crippen LogP contribution in [0, 0.1) is 5.92 Å². The van der Waals surface area contributed by atoms with Crippen molar-refractivity contribution in [3.8, 4) is 0 Å². The smallest absolute Gasteiger partial charge is 0.317 e. The van der Waals surface area contributed by atoms with Gasteiger partial charge in [0, 0.05) is 32.2 Å². The number of carbonyl (C=O) groups excluding carboxylic acids is 1. The van der Waals surface area contributed by atoms with Gasteiger partial charge in [-0.3, -0.25) is 0 Å². The number of hydrogen-bond acceptors (Lipinski definition) is 2. The molecule has 1 saturated carbocycles. The molecular formula is C13H25N3O. The summed E-state index contributed by atoms with van der Waals surface area (Å²) in [6.07, 6.45) is 4.82. The van der Waals surface area contributed by atoms with Crippen molar-refractivity contribution in [1.29, 1.82) is 0 Å². The van der Waals surface area contributed by atoms with E-state index in [9.17, 15) is 4.79 Å². The molecule has 2 rings (SSSR count). The summed E-state index contributed by atoms with van der Waals surface area (Å²) in [5, 5.41) is 3.19. The highest BCUT2D eigenvalue weighted by Crippen LogP contribution is 2.23. The van der Waals surface area contributed by atoms with Crippen molar-refractivity contribution in [2.75, 3.05) is 33.2 Å². The number of nitrogens with zero attached hydrogens (tertiary/aromatic N) is 2. The summed E-state index contributed by atoms with van der Waals surface area (Å²) in [5.74, 6) is 0.840. The SMILES string of the molecule is CN1CCN(C(=O)N[C@H]2CC[C@H](C)CC2)CC1. The second-order valence-corrected chi connectivity index (χ2v) is 5.70. The molecule has 0 spiro atoms. The van der Waals surface area contributed by atoms with E-state index in [0.29, 0.717) is 6.04 Å². The average molecular weight is 239 g/mol. The van der Waals surface area contributed by atoms with Crippen LogP contribution in [-0.2, 0) is 0 Å². The predicted octanol–water partition coefficient (Wildman–Crippen LogP) is 1.52. The quantitative estimate of drug-likeness (QED) is 0.753. The fourth-order valence-corrected chi connectivity index (χ4v) is 2.68. The van der Waals surface area contributed by atoms with Gasteiger partial charge in [-0.1, -0.05) is 6.92 Å². The van der Waals surface area contributed by atoms with Gasteiger partial charge < -0.3 is 15.1 Å². The van der Waals surface area contributed by atoms with Crippen molar-refractivity contribution in [1.82, 2.24) is 15.1 Å². The summed E-state index contributed by atoms with van der Waals surface area (Å²) in [7, 11) is 2.11. The molecule has 1 saturated heterocycles. The van der Waals surface area contributed by atoms with Crippen molar-refractivity contribution in [2.24, 2.45) is 5.92 Å². The first-order chi connectivity index (χ1) is 8.15. The maximum absolute atomic E-state index is 12.1. The zero-order valence-electron chi connectivity index (χ0n) is 11.1. The van der Waals surface area contributed by atoms with Gasteiger partial charge in [-0.05, 0) is 38.6 Å². The topological polar surface area (TPSA) is 35.6 Å². The Hall–Kier alpha value is -0.770. The number of hydrogen-bond donors (Lipinski definition) is 1. The molecule has 4 heteroatoms. The maximum Gasteiger partial charge on any atom is 0.317 e. The zero-order chi connectivity index (χ0) is 12.3. The lowest BCUT2D eigenvalue weighted by molar-refractivity contribution is 0.148. The molecule has 1 aliphatic carbocycles. The fourth-order valence-electron chi connectivity index (χ4n) is 2.68. The van der Waals surface area contributed by atoms with Crippen LogP contribution in [0.3, 0.4) is 0 Å². The van der Waals surface area contributed by atoms with Crippen molar-refractivity contribution in [3.63, 3.8) is 0 Å². The van der Waals surface area contributed by atoms with Crippen LogP contribution in [0.25, 0.3) is 0 Å². The summed E-state index contributed by atoms with van der Waals surface area (Å²) >= 11 is 0. The molecular weight excluding hydrogens is 214 g/mol. The largest absolute Gasteiger partial charge is 0.335 e. The molecule has 0 unspecified atom stereocenters. The highest BCUT2D eigenvalue weighted by Gasteiger charge is 2.23. The van der Waals surface area contributed by atoms with Crippen LogP contribution in [0.5, 0.6) is 0 Å². The normalized spacial score (nSPS) is 31.3. The maximum atomic E-state index is 12.1. The molecule has 0 bridgehead atoms. The molecule has 0 aromatic heterocycles. The van der Waals surface area contributed by atoms with Gasteiger partial charge in [-0.2, -0.15) is 0 Å². The third-order valence-electron chi connectivity index (χ3n) is 4.13. The van der Waals surface area contributed by atoms with E-state index in [-0.39, 0.29) is 6.03 Å². The summed E-state index contributed by atoms with van der Waals surface area (Å²) in [4.78, 5) is 16.3. The fraction of sp³-hybridized carbons (Fsp3) is 0.923. The van der Waals surface area contributed by atoms with Gasteiger partial charge in [0.1, 0.15) is 0 Å². The minimum absolute atomic E-state index is 0.151. The van der Waals surface area contributed by atoms with Gasteiger partial charge in [0.2, 0.25) is 0 Å². The van der Waals surface area contributed by atoms with Crippen LogP contribution in [0.2, 0.25) is 0 Å².